The zero-order valence-electron chi connectivity index (χ0n) is 14.9. The number of esters is 1. The van der Waals surface area contributed by atoms with E-state index in [1.165, 1.54) is 16.2 Å². The Labute approximate surface area is 165 Å². The van der Waals surface area contributed by atoms with E-state index in [2.05, 4.69) is 26.3 Å². The van der Waals surface area contributed by atoms with Gasteiger partial charge >= 0.3 is 5.97 Å². The molecule has 0 aliphatic heterocycles. The first-order valence-corrected chi connectivity index (χ1v) is 10.4. The fourth-order valence-corrected chi connectivity index (χ4v) is 4.70. The van der Waals surface area contributed by atoms with E-state index in [1.54, 1.807) is 11.6 Å². The van der Waals surface area contributed by atoms with E-state index in [-0.39, 0.29) is 11.9 Å². The molecule has 3 rings (SSSR count). The highest BCUT2D eigenvalue weighted by molar-refractivity contribution is 9.10. The number of ether oxygens (including phenoxy) is 1. The highest BCUT2D eigenvalue weighted by Crippen LogP contribution is 2.38. The maximum atomic E-state index is 12.4. The molecular weight excluding hydrogens is 418 g/mol. The molecule has 26 heavy (non-hydrogen) atoms. The van der Waals surface area contributed by atoms with Gasteiger partial charge in [0, 0.05) is 24.0 Å². The van der Waals surface area contributed by atoms with Crippen molar-refractivity contribution in [3.63, 3.8) is 0 Å². The van der Waals surface area contributed by atoms with Crippen LogP contribution in [0, 0.1) is 6.92 Å². The number of aromatic nitrogens is 2. The number of aryl methyl sites for hydroxylation is 3. The van der Waals surface area contributed by atoms with Crippen molar-refractivity contribution >= 4 is 44.1 Å². The quantitative estimate of drug-likeness (QED) is 0.687. The van der Waals surface area contributed by atoms with Crippen LogP contribution in [-0.4, -0.2) is 28.3 Å². The molecule has 0 saturated heterocycles. The third-order valence-corrected chi connectivity index (χ3v) is 6.34. The van der Waals surface area contributed by atoms with Gasteiger partial charge in [-0.2, -0.15) is 5.10 Å². The molecule has 0 bridgehead atoms. The van der Waals surface area contributed by atoms with E-state index >= 15 is 0 Å². The smallest absolute Gasteiger partial charge is 0.341 e. The lowest BCUT2D eigenvalue weighted by atomic mass is 9.95. The minimum absolute atomic E-state index is 0.126. The summed E-state index contributed by atoms with van der Waals surface area (Å²) in [6.45, 7) is 4.50. The van der Waals surface area contributed by atoms with Crippen molar-refractivity contribution in [2.75, 3.05) is 11.9 Å². The minimum atomic E-state index is -0.339. The Bertz CT molecular complexity index is 809. The average molecular weight is 440 g/mol. The number of anilines is 1. The molecule has 140 valence electrons. The Hall–Kier alpha value is -1.67. The maximum absolute atomic E-state index is 12.4. The molecule has 8 heteroatoms. The van der Waals surface area contributed by atoms with Gasteiger partial charge in [-0.25, -0.2) is 4.79 Å². The molecule has 0 spiro atoms. The topological polar surface area (TPSA) is 73.2 Å². The molecule has 2 heterocycles. The molecular formula is C18H22BrN3O3S. The van der Waals surface area contributed by atoms with E-state index in [0.29, 0.717) is 30.1 Å². The molecule has 0 saturated carbocycles. The summed E-state index contributed by atoms with van der Waals surface area (Å²) in [6, 6.07) is 0. The Balaban J connectivity index is 1.72. The van der Waals surface area contributed by atoms with E-state index in [1.807, 2.05) is 13.1 Å². The summed E-state index contributed by atoms with van der Waals surface area (Å²) < 4.78 is 7.88. The number of fused-ring (bicyclic) bond motifs is 1. The van der Waals surface area contributed by atoms with E-state index in [0.717, 1.165) is 41.4 Å². The summed E-state index contributed by atoms with van der Waals surface area (Å²) >= 11 is 4.93. The fraction of sp³-hybridized carbons (Fsp3) is 0.500. The van der Waals surface area contributed by atoms with Crippen LogP contribution in [-0.2, 0) is 28.9 Å². The van der Waals surface area contributed by atoms with Gasteiger partial charge in [0.05, 0.1) is 22.3 Å². The van der Waals surface area contributed by atoms with Crippen molar-refractivity contribution in [1.82, 2.24) is 9.78 Å². The lowest BCUT2D eigenvalue weighted by Crippen LogP contribution is -2.17. The van der Waals surface area contributed by atoms with Crippen molar-refractivity contribution < 1.29 is 14.3 Å². The van der Waals surface area contributed by atoms with Crippen LogP contribution in [0.1, 0.15) is 52.7 Å². The van der Waals surface area contributed by atoms with Crippen LogP contribution in [0.5, 0.6) is 0 Å². The number of amides is 1. The second-order valence-electron chi connectivity index (χ2n) is 6.26. The number of halogens is 1. The Morgan fingerprint density at radius 2 is 2.15 bits per heavy atom. The van der Waals surface area contributed by atoms with Crippen LogP contribution in [0.3, 0.4) is 0 Å². The number of rotatable bonds is 6. The Kier molecular flexibility index (Phi) is 6.13. The van der Waals surface area contributed by atoms with Gasteiger partial charge in [0.1, 0.15) is 5.00 Å². The van der Waals surface area contributed by atoms with Crippen molar-refractivity contribution in [2.45, 2.75) is 52.5 Å². The third-order valence-electron chi connectivity index (χ3n) is 4.36. The molecule has 0 atom stereocenters. The summed E-state index contributed by atoms with van der Waals surface area (Å²) in [6.07, 6.45) is 6.17. The average Bonchev–Trinajstić information content (AvgIpc) is 3.12. The first kappa shape index (κ1) is 19.1. The van der Waals surface area contributed by atoms with Crippen LogP contribution >= 0.6 is 27.3 Å². The van der Waals surface area contributed by atoms with Gasteiger partial charge in [-0.05, 0) is 61.0 Å². The van der Waals surface area contributed by atoms with Gasteiger partial charge in [0.2, 0.25) is 5.91 Å². The highest BCUT2D eigenvalue weighted by Gasteiger charge is 2.27. The van der Waals surface area contributed by atoms with Crippen LogP contribution in [0.25, 0.3) is 0 Å². The molecule has 0 fully saturated rings. The van der Waals surface area contributed by atoms with E-state index in [4.69, 9.17) is 4.74 Å². The zero-order valence-corrected chi connectivity index (χ0v) is 17.3. The van der Waals surface area contributed by atoms with Gasteiger partial charge < -0.3 is 10.1 Å². The van der Waals surface area contributed by atoms with Crippen LogP contribution in [0.2, 0.25) is 0 Å². The third kappa shape index (κ3) is 4.17. The van der Waals surface area contributed by atoms with Gasteiger partial charge in [-0.1, -0.05) is 0 Å². The number of nitrogens with one attached hydrogen (secondary N) is 1. The summed E-state index contributed by atoms with van der Waals surface area (Å²) in [5.41, 5.74) is 2.50. The lowest BCUT2D eigenvalue weighted by Gasteiger charge is -2.12. The Morgan fingerprint density at radius 3 is 2.85 bits per heavy atom. The van der Waals surface area contributed by atoms with Gasteiger partial charge in [-0.3, -0.25) is 9.48 Å². The number of hydrogen-bond acceptors (Lipinski definition) is 5. The van der Waals surface area contributed by atoms with Gasteiger partial charge in [-0.15, -0.1) is 11.3 Å². The Morgan fingerprint density at radius 1 is 1.38 bits per heavy atom. The van der Waals surface area contributed by atoms with Gasteiger partial charge in [0.25, 0.3) is 0 Å². The molecule has 2 aromatic rings. The first-order chi connectivity index (χ1) is 12.5. The van der Waals surface area contributed by atoms with E-state index < -0.39 is 0 Å². The second kappa shape index (κ2) is 8.35. The van der Waals surface area contributed by atoms with Gasteiger partial charge in [0.15, 0.2) is 0 Å². The van der Waals surface area contributed by atoms with Crippen LogP contribution in [0.4, 0.5) is 5.00 Å². The summed E-state index contributed by atoms with van der Waals surface area (Å²) in [5, 5.41) is 7.88. The number of hydrogen-bond donors (Lipinski definition) is 1. The molecule has 1 N–H and O–H groups in total. The molecule has 0 radical (unpaired) electrons. The highest BCUT2D eigenvalue weighted by atomic mass is 79.9. The summed E-state index contributed by atoms with van der Waals surface area (Å²) in [4.78, 5) is 26.0. The largest absolute Gasteiger partial charge is 0.462 e. The molecule has 0 aromatic carbocycles. The first-order valence-electron chi connectivity index (χ1n) is 8.80. The number of nitrogens with zero attached hydrogens (tertiary/aromatic N) is 2. The number of carbonyl (C=O) groups is 2. The molecule has 0 unspecified atom stereocenters. The van der Waals surface area contributed by atoms with Crippen molar-refractivity contribution in [3.05, 3.63) is 32.4 Å². The van der Waals surface area contributed by atoms with Crippen molar-refractivity contribution in [3.8, 4) is 0 Å². The number of carbonyl (C=O) groups excluding carboxylic acids is 2. The number of thiophene rings is 1. The summed E-state index contributed by atoms with van der Waals surface area (Å²) in [5.74, 6) is -0.466. The predicted octanol–water partition coefficient (Wildman–Crippen LogP) is 4.10. The van der Waals surface area contributed by atoms with Crippen LogP contribution < -0.4 is 5.32 Å². The zero-order chi connectivity index (χ0) is 18.7. The van der Waals surface area contributed by atoms with Crippen molar-refractivity contribution in [2.24, 2.45) is 0 Å². The maximum Gasteiger partial charge on any atom is 0.341 e. The standard InChI is InChI=1S/C18H22BrN3O3S/c1-3-25-18(24)16-12-6-4-5-7-14(12)26-17(16)20-15(23)8-9-22-10-13(19)11(2)21-22/h10H,3-9H2,1-2H3,(H,20,23). The molecule has 2 aromatic heterocycles. The lowest BCUT2D eigenvalue weighted by molar-refractivity contribution is -0.116. The van der Waals surface area contributed by atoms with E-state index in [9.17, 15) is 9.59 Å². The molecule has 6 nitrogen and oxygen atoms in total. The predicted molar refractivity (Wildman–Crippen MR) is 105 cm³/mol. The molecule has 1 aliphatic carbocycles. The summed E-state index contributed by atoms with van der Waals surface area (Å²) in [7, 11) is 0. The fourth-order valence-electron chi connectivity index (χ4n) is 3.09. The monoisotopic (exact) mass is 439 g/mol. The minimum Gasteiger partial charge on any atom is -0.462 e. The van der Waals surface area contributed by atoms with Crippen molar-refractivity contribution in [1.29, 1.82) is 0 Å². The molecule has 1 amide bonds. The van der Waals surface area contributed by atoms with Crippen LogP contribution in [0.15, 0.2) is 10.7 Å². The second-order valence-corrected chi connectivity index (χ2v) is 8.22. The SMILES string of the molecule is CCOC(=O)c1c(NC(=O)CCn2cc(Br)c(C)n2)sc2c1CCCC2. The normalized spacial score (nSPS) is 13.3. The molecule has 1 aliphatic rings.